The number of rotatable bonds is 4. The largest absolute Gasteiger partial charge is 0.366 e. The van der Waals surface area contributed by atoms with Crippen molar-refractivity contribution >= 4 is 11.5 Å². The topological polar surface area (TPSA) is 43.1 Å². The molecule has 0 bridgehead atoms. The minimum atomic E-state index is -0.357. The van der Waals surface area contributed by atoms with Crippen molar-refractivity contribution in [2.75, 3.05) is 0 Å². The van der Waals surface area contributed by atoms with Crippen molar-refractivity contribution in [1.29, 1.82) is 0 Å². The Hall–Kier alpha value is -1.57. The van der Waals surface area contributed by atoms with E-state index in [2.05, 4.69) is 6.92 Å². The van der Waals surface area contributed by atoms with Crippen LogP contribution in [0.4, 0.5) is 0 Å². The highest BCUT2D eigenvalue weighted by Crippen LogP contribution is 2.14. The highest BCUT2D eigenvalue weighted by molar-refractivity contribution is 6.18. The molecule has 0 unspecified atom stereocenters. The first kappa shape index (κ1) is 10.5. The third kappa shape index (κ3) is 2.73. The summed E-state index contributed by atoms with van der Waals surface area (Å²) in [6, 6.07) is 9.51. The molecule has 2 heteroatoms. The second-order valence-electron chi connectivity index (χ2n) is 3.14. The summed E-state index contributed by atoms with van der Waals surface area (Å²) < 4.78 is 0. The minimum absolute atomic E-state index is 0.357. The summed E-state index contributed by atoms with van der Waals surface area (Å²) in [6.07, 6.45) is 3.80. The number of allylic oxidation sites excluding steroid dienone is 1. The van der Waals surface area contributed by atoms with Gasteiger partial charge in [-0.15, -0.1) is 0 Å². The monoisotopic (exact) mass is 189 g/mol. The molecule has 0 aromatic heterocycles. The average Bonchev–Trinajstić information content (AvgIpc) is 2.19. The van der Waals surface area contributed by atoms with Gasteiger partial charge >= 0.3 is 0 Å². The molecule has 1 rings (SSSR count). The van der Waals surface area contributed by atoms with Crippen molar-refractivity contribution in [3.8, 4) is 0 Å². The molecule has 2 nitrogen and oxygen atoms in total. The lowest BCUT2D eigenvalue weighted by Crippen LogP contribution is -2.12. The van der Waals surface area contributed by atoms with Gasteiger partial charge in [0.05, 0.1) is 0 Å². The van der Waals surface area contributed by atoms with E-state index in [0.29, 0.717) is 5.57 Å². The number of nitrogens with two attached hydrogens (primary N) is 1. The molecular formula is C12H15NO. The van der Waals surface area contributed by atoms with Gasteiger partial charge in [-0.3, -0.25) is 4.79 Å². The van der Waals surface area contributed by atoms with Crippen molar-refractivity contribution in [1.82, 2.24) is 0 Å². The van der Waals surface area contributed by atoms with E-state index in [-0.39, 0.29) is 5.91 Å². The van der Waals surface area contributed by atoms with Gasteiger partial charge in [-0.2, -0.15) is 0 Å². The van der Waals surface area contributed by atoms with E-state index in [1.807, 2.05) is 36.4 Å². The van der Waals surface area contributed by atoms with Gasteiger partial charge in [0.25, 0.3) is 0 Å². The number of carbonyl (C=O) groups excluding carboxylic acids is 1. The Morgan fingerprint density at radius 3 is 2.50 bits per heavy atom. The number of hydrogen-bond donors (Lipinski definition) is 1. The molecule has 2 N–H and O–H groups in total. The van der Waals surface area contributed by atoms with Gasteiger partial charge in [0.2, 0.25) is 5.91 Å². The lowest BCUT2D eigenvalue weighted by Gasteiger charge is -2.02. The molecule has 0 saturated heterocycles. The second-order valence-corrected chi connectivity index (χ2v) is 3.14. The van der Waals surface area contributed by atoms with Crippen molar-refractivity contribution in [2.45, 2.75) is 19.8 Å². The lowest BCUT2D eigenvalue weighted by molar-refractivity contribution is -0.112. The van der Waals surface area contributed by atoms with Gasteiger partial charge in [-0.05, 0) is 12.0 Å². The normalized spacial score (nSPS) is 11.4. The molecule has 0 aliphatic carbocycles. The Morgan fingerprint density at radius 2 is 2.00 bits per heavy atom. The van der Waals surface area contributed by atoms with Crippen molar-refractivity contribution in [3.05, 3.63) is 42.0 Å². The predicted molar refractivity (Wildman–Crippen MR) is 58.5 cm³/mol. The summed E-state index contributed by atoms with van der Waals surface area (Å²) in [5.41, 5.74) is 6.82. The van der Waals surface area contributed by atoms with Crippen LogP contribution < -0.4 is 5.73 Å². The maximum Gasteiger partial charge on any atom is 0.248 e. The van der Waals surface area contributed by atoms with Gasteiger partial charge in [-0.1, -0.05) is 49.8 Å². The van der Waals surface area contributed by atoms with E-state index in [9.17, 15) is 4.79 Å². The zero-order chi connectivity index (χ0) is 10.4. The first-order chi connectivity index (χ1) is 6.75. The molecule has 0 aliphatic rings. The van der Waals surface area contributed by atoms with E-state index in [4.69, 9.17) is 5.73 Å². The molecule has 0 fully saturated rings. The van der Waals surface area contributed by atoms with Crippen LogP contribution in [-0.4, -0.2) is 5.91 Å². The Bertz CT molecular complexity index is 327. The van der Waals surface area contributed by atoms with E-state index in [0.717, 1.165) is 18.4 Å². The van der Waals surface area contributed by atoms with Crippen LogP contribution in [0.5, 0.6) is 0 Å². The SMILES string of the molecule is CCC/C=C(\C(N)=O)c1ccccc1. The van der Waals surface area contributed by atoms with Crippen LogP contribution in [0.2, 0.25) is 0 Å². The van der Waals surface area contributed by atoms with Crippen LogP contribution in [-0.2, 0) is 4.79 Å². The van der Waals surface area contributed by atoms with Crippen LogP contribution in [0.25, 0.3) is 5.57 Å². The van der Waals surface area contributed by atoms with E-state index >= 15 is 0 Å². The Balaban J connectivity index is 2.95. The lowest BCUT2D eigenvalue weighted by atomic mass is 10.0. The molecule has 0 radical (unpaired) electrons. The van der Waals surface area contributed by atoms with Crippen molar-refractivity contribution in [3.63, 3.8) is 0 Å². The molecule has 0 heterocycles. The van der Waals surface area contributed by atoms with Crippen molar-refractivity contribution < 1.29 is 4.79 Å². The van der Waals surface area contributed by atoms with Crippen LogP contribution in [0.1, 0.15) is 25.3 Å². The fourth-order valence-electron chi connectivity index (χ4n) is 1.27. The number of hydrogen-bond acceptors (Lipinski definition) is 1. The summed E-state index contributed by atoms with van der Waals surface area (Å²) >= 11 is 0. The summed E-state index contributed by atoms with van der Waals surface area (Å²) in [5.74, 6) is -0.357. The number of unbranched alkanes of at least 4 members (excludes halogenated alkanes) is 1. The second kappa shape index (κ2) is 5.22. The van der Waals surface area contributed by atoms with Crippen LogP contribution in [0.15, 0.2) is 36.4 Å². The highest BCUT2D eigenvalue weighted by atomic mass is 16.1. The Morgan fingerprint density at radius 1 is 1.36 bits per heavy atom. The van der Waals surface area contributed by atoms with Crippen LogP contribution in [0.3, 0.4) is 0 Å². The molecule has 0 aliphatic heterocycles. The maximum atomic E-state index is 11.2. The minimum Gasteiger partial charge on any atom is -0.366 e. The quantitative estimate of drug-likeness (QED) is 0.726. The molecule has 74 valence electrons. The fraction of sp³-hybridized carbons (Fsp3) is 0.250. The third-order valence-corrected chi connectivity index (χ3v) is 1.99. The Labute approximate surface area is 84.4 Å². The van der Waals surface area contributed by atoms with Crippen LogP contribution >= 0.6 is 0 Å². The van der Waals surface area contributed by atoms with E-state index in [1.54, 1.807) is 0 Å². The van der Waals surface area contributed by atoms with E-state index < -0.39 is 0 Å². The summed E-state index contributed by atoms with van der Waals surface area (Å²) in [4.78, 5) is 11.2. The molecule has 14 heavy (non-hydrogen) atoms. The molecule has 1 amide bonds. The molecule has 0 saturated carbocycles. The molecule has 1 aromatic rings. The first-order valence-corrected chi connectivity index (χ1v) is 4.81. The number of primary amides is 1. The average molecular weight is 189 g/mol. The van der Waals surface area contributed by atoms with E-state index in [1.165, 1.54) is 0 Å². The highest BCUT2D eigenvalue weighted by Gasteiger charge is 2.05. The van der Waals surface area contributed by atoms with Gasteiger partial charge in [0, 0.05) is 5.57 Å². The van der Waals surface area contributed by atoms with Crippen LogP contribution in [0, 0.1) is 0 Å². The summed E-state index contributed by atoms with van der Waals surface area (Å²) in [7, 11) is 0. The summed E-state index contributed by atoms with van der Waals surface area (Å²) in [5, 5.41) is 0. The third-order valence-electron chi connectivity index (χ3n) is 1.99. The van der Waals surface area contributed by atoms with Gasteiger partial charge in [0.15, 0.2) is 0 Å². The fourth-order valence-corrected chi connectivity index (χ4v) is 1.27. The van der Waals surface area contributed by atoms with Gasteiger partial charge in [0.1, 0.15) is 0 Å². The number of amides is 1. The molecule has 1 aromatic carbocycles. The smallest absolute Gasteiger partial charge is 0.248 e. The van der Waals surface area contributed by atoms with Gasteiger partial charge in [-0.25, -0.2) is 0 Å². The standard InChI is InChI=1S/C12H15NO/c1-2-3-9-11(12(13)14)10-7-5-4-6-8-10/h4-9H,2-3H2,1H3,(H2,13,14)/b11-9-. The first-order valence-electron chi connectivity index (χ1n) is 4.81. The number of carbonyl (C=O) groups is 1. The zero-order valence-corrected chi connectivity index (χ0v) is 8.36. The maximum absolute atomic E-state index is 11.2. The Kier molecular flexibility index (Phi) is 3.92. The molecule has 0 atom stereocenters. The molecule has 0 spiro atoms. The van der Waals surface area contributed by atoms with Crippen molar-refractivity contribution in [2.24, 2.45) is 5.73 Å². The molecular weight excluding hydrogens is 174 g/mol. The zero-order valence-electron chi connectivity index (χ0n) is 8.36. The summed E-state index contributed by atoms with van der Waals surface area (Å²) in [6.45, 7) is 2.07. The predicted octanol–water partition coefficient (Wildman–Crippen LogP) is 2.36. The number of benzene rings is 1. The van der Waals surface area contributed by atoms with Gasteiger partial charge < -0.3 is 5.73 Å².